The number of hydrogen-bond acceptors (Lipinski definition) is 0. The van der Waals surface area contributed by atoms with Gasteiger partial charge in [-0.25, -0.2) is 0 Å². The first-order valence-corrected chi connectivity index (χ1v) is 4.61. The molecule has 3 rings (SSSR count). The van der Waals surface area contributed by atoms with Crippen molar-refractivity contribution in [1.82, 2.24) is 4.98 Å². The van der Waals surface area contributed by atoms with Crippen molar-refractivity contribution in [3.05, 3.63) is 47.3 Å². The molecule has 0 aliphatic heterocycles. The standard InChI is InChI=1S/C12H11N/c1-8-11-6-9-4-2-3-5-10(9)12(11)7-13-8/h2-5,7,13H,6H2,1H3. The Hall–Kier alpha value is -1.50. The Morgan fingerprint density at radius 3 is 2.92 bits per heavy atom. The Morgan fingerprint density at radius 1 is 1.15 bits per heavy atom. The number of rotatable bonds is 0. The molecule has 0 saturated carbocycles. The second kappa shape index (κ2) is 2.25. The van der Waals surface area contributed by atoms with E-state index in [-0.39, 0.29) is 0 Å². The molecule has 0 spiro atoms. The van der Waals surface area contributed by atoms with Gasteiger partial charge < -0.3 is 4.98 Å². The van der Waals surface area contributed by atoms with Crippen LogP contribution in [0.1, 0.15) is 16.8 Å². The van der Waals surface area contributed by atoms with E-state index in [1.165, 1.54) is 27.9 Å². The van der Waals surface area contributed by atoms with Gasteiger partial charge in [0.2, 0.25) is 0 Å². The maximum atomic E-state index is 3.28. The Bertz CT molecular complexity index is 466. The lowest BCUT2D eigenvalue weighted by Gasteiger charge is -1.96. The lowest BCUT2D eigenvalue weighted by molar-refractivity contribution is 1.16. The van der Waals surface area contributed by atoms with E-state index in [1.54, 1.807) is 0 Å². The van der Waals surface area contributed by atoms with E-state index in [0.717, 1.165) is 6.42 Å². The number of aryl methyl sites for hydroxylation is 1. The largest absolute Gasteiger partial charge is 0.364 e. The molecule has 1 heteroatoms. The number of nitrogens with one attached hydrogen (secondary N) is 1. The molecular formula is C12H11N. The van der Waals surface area contributed by atoms with E-state index < -0.39 is 0 Å². The summed E-state index contributed by atoms with van der Waals surface area (Å²) in [6.07, 6.45) is 3.22. The first-order valence-electron chi connectivity index (χ1n) is 4.61. The molecule has 2 aromatic rings. The van der Waals surface area contributed by atoms with Crippen LogP contribution in [0, 0.1) is 6.92 Å². The fraction of sp³-hybridized carbons (Fsp3) is 0.167. The Balaban J connectivity index is 2.32. The van der Waals surface area contributed by atoms with Gasteiger partial charge in [-0.2, -0.15) is 0 Å². The summed E-state index contributed by atoms with van der Waals surface area (Å²) in [7, 11) is 0. The van der Waals surface area contributed by atoms with Gasteiger partial charge in [0.05, 0.1) is 0 Å². The molecule has 64 valence electrons. The first kappa shape index (κ1) is 6.96. The molecule has 1 aromatic carbocycles. The van der Waals surface area contributed by atoms with Crippen LogP contribution in [-0.2, 0) is 6.42 Å². The fourth-order valence-electron chi connectivity index (χ4n) is 2.15. The second-order valence-corrected chi connectivity index (χ2v) is 3.64. The summed E-state index contributed by atoms with van der Waals surface area (Å²) >= 11 is 0. The molecular weight excluding hydrogens is 158 g/mol. The minimum atomic E-state index is 1.10. The van der Waals surface area contributed by atoms with Crippen LogP contribution in [0.25, 0.3) is 11.1 Å². The van der Waals surface area contributed by atoms with E-state index in [4.69, 9.17) is 0 Å². The van der Waals surface area contributed by atoms with Crippen LogP contribution in [0.4, 0.5) is 0 Å². The topological polar surface area (TPSA) is 15.8 Å². The number of fused-ring (bicyclic) bond motifs is 3. The van der Waals surface area contributed by atoms with Gasteiger partial charge in [0.1, 0.15) is 0 Å². The van der Waals surface area contributed by atoms with Crippen molar-refractivity contribution in [2.24, 2.45) is 0 Å². The molecule has 0 unspecified atom stereocenters. The van der Waals surface area contributed by atoms with Gasteiger partial charge in [-0.05, 0) is 23.6 Å². The van der Waals surface area contributed by atoms with Crippen molar-refractivity contribution in [2.75, 3.05) is 0 Å². The molecule has 0 fully saturated rings. The monoisotopic (exact) mass is 169 g/mol. The Kier molecular flexibility index (Phi) is 1.21. The van der Waals surface area contributed by atoms with Crippen molar-refractivity contribution in [2.45, 2.75) is 13.3 Å². The van der Waals surface area contributed by atoms with E-state index in [0.29, 0.717) is 0 Å². The zero-order valence-electron chi connectivity index (χ0n) is 7.59. The summed E-state index contributed by atoms with van der Waals surface area (Å²) < 4.78 is 0. The van der Waals surface area contributed by atoms with Crippen molar-refractivity contribution in [3.8, 4) is 11.1 Å². The highest BCUT2D eigenvalue weighted by Crippen LogP contribution is 2.37. The summed E-state index contributed by atoms with van der Waals surface area (Å²) in [6.45, 7) is 2.14. The molecule has 1 aliphatic carbocycles. The SMILES string of the molecule is Cc1[nH]cc2c1Cc1ccccc1-2. The summed E-state index contributed by atoms with van der Waals surface area (Å²) in [5.74, 6) is 0. The molecule has 1 nitrogen and oxygen atoms in total. The summed E-state index contributed by atoms with van der Waals surface area (Å²) in [5, 5.41) is 0. The average molecular weight is 169 g/mol. The minimum absolute atomic E-state index is 1.10. The molecule has 0 radical (unpaired) electrons. The molecule has 0 bridgehead atoms. The third kappa shape index (κ3) is 0.816. The van der Waals surface area contributed by atoms with Gasteiger partial charge in [0, 0.05) is 23.9 Å². The molecule has 1 aliphatic rings. The quantitative estimate of drug-likeness (QED) is 0.532. The highest BCUT2D eigenvalue weighted by molar-refractivity contribution is 5.77. The van der Waals surface area contributed by atoms with E-state index >= 15 is 0 Å². The predicted molar refractivity (Wildman–Crippen MR) is 53.8 cm³/mol. The van der Waals surface area contributed by atoms with Gasteiger partial charge in [0.25, 0.3) is 0 Å². The number of aromatic amines is 1. The van der Waals surface area contributed by atoms with Gasteiger partial charge in [-0.1, -0.05) is 24.3 Å². The fourth-order valence-corrected chi connectivity index (χ4v) is 2.15. The lowest BCUT2D eigenvalue weighted by atomic mass is 10.1. The molecule has 0 saturated heterocycles. The molecule has 1 heterocycles. The summed E-state index contributed by atoms with van der Waals surface area (Å²) in [4.78, 5) is 3.28. The van der Waals surface area contributed by atoms with Gasteiger partial charge >= 0.3 is 0 Å². The summed E-state index contributed by atoms with van der Waals surface area (Å²) in [6, 6.07) is 8.64. The van der Waals surface area contributed by atoms with Crippen LogP contribution in [0.3, 0.4) is 0 Å². The third-order valence-corrected chi connectivity index (χ3v) is 2.89. The predicted octanol–water partition coefficient (Wildman–Crippen LogP) is 2.89. The average Bonchev–Trinajstić information content (AvgIpc) is 2.67. The normalized spacial score (nSPS) is 12.7. The zero-order chi connectivity index (χ0) is 8.84. The van der Waals surface area contributed by atoms with Crippen LogP contribution in [0.5, 0.6) is 0 Å². The highest BCUT2D eigenvalue weighted by Gasteiger charge is 2.19. The maximum absolute atomic E-state index is 3.28. The number of H-pyrrole nitrogens is 1. The third-order valence-electron chi connectivity index (χ3n) is 2.89. The van der Waals surface area contributed by atoms with Crippen molar-refractivity contribution in [1.29, 1.82) is 0 Å². The summed E-state index contributed by atoms with van der Waals surface area (Å²) in [5.41, 5.74) is 7.05. The van der Waals surface area contributed by atoms with Crippen molar-refractivity contribution >= 4 is 0 Å². The molecule has 1 aromatic heterocycles. The van der Waals surface area contributed by atoms with Crippen LogP contribution < -0.4 is 0 Å². The Morgan fingerprint density at radius 2 is 2.00 bits per heavy atom. The van der Waals surface area contributed by atoms with Crippen LogP contribution in [0.2, 0.25) is 0 Å². The number of aromatic nitrogens is 1. The van der Waals surface area contributed by atoms with Crippen molar-refractivity contribution in [3.63, 3.8) is 0 Å². The number of benzene rings is 1. The van der Waals surface area contributed by atoms with Crippen LogP contribution in [-0.4, -0.2) is 4.98 Å². The molecule has 0 atom stereocenters. The molecule has 1 N–H and O–H groups in total. The van der Waals surface area contributed by atoms with Crippen LogP contribution >= 0.6 is 0 Å². The lowest BCUT2D eigenvalue weighted by Crippen LogP contribution is -1.82. The maximum Gasteiger partial charge on any atom is 0.0157 e. The Labute approximate surface area is 77.4 Å². The zero-order valence-corrected chi connectivity index (χ0v) is 7.59. The van der Waals surface area contributed by atoms with E-state index in [1.807, 2.05) is 0 Å². The number of hydrogen-bond donors (Lipinski definition) is 1. The van der Waals surface area contributed by atoms with Gasteiger partial charge in [-0.15, -0.1) is 0 Å². The van der Waals surface area contributed by atoms with Crippen molar-refractivity contribution < 1.29 is 0 Å². The van der Waals surface area contributed by atoms with E-state index in [2.05, 4.69) is 42.4 Å². The van der Waals surface area contributed by atoms with Crippen LogP contribution in [0.15, 0.2) is 30.5 Å². The van der Waals surface area contributed by atoms with E-state index in [9.17, 15) is 0 Å². The van der Waals surface area contributed by atoms with Gasteiger partial charge in [0.15, 0.2) is 0 Å². The second-order valence-electron chi connectivity index (χ2n) is 3.64. The highest BCUT2D eigenvalue weighted by atomic mass is 14.7. The minimum Gasteiger partial charge on any atom is -0.364 e. The smallest absolute Gasteiger partial charge is 0.0157 e. The molecule has 13 heavy (non-hydrogen) atoms. The molecule has 0 amide bonds. The van der Waals surface area contributed by atoms with Gasteiger partial charge in [-0.3, -0.25) is 0 Å². The first-order chi connectivity index (χ1) is 6.36.